The Labute approximate surface area is 69.2 Å². The minimum Gasteiger partial charge on any atom is -0.463 e. The van der Waals surface area contributed by atoms with Crippen LogP contribution in [0, 0.1) is 0 Å². The number of nitrogens with zero attached hydrogens (tertiary/aromatic N) is 2. The predicted octanol–water partition coefficient (Wildman–Crippen LogP) is 1.25. The average Bonchev–Trinajstić information content (AvgIpc) is 2.48. The van der Waals surface area contributed by atoms with E-state index in [9.17, 15) is 0 Å². The van der Waals surface area contributed by atoms with Gasteiger partial charge in [0.05, 0.1) is 12.5 Å². The quantitative estimate of drug-likeness (QED) is 0.674. The van der Waals surface area contributed by atoms with Crippen LogP contribution in [0.1, 0.15) is 5.69 Å². The molecule has 1 N–H and O–H groups in total. The number of hydrogen-bond acceptors (Lipinski definition) is 3. The highest BCUT2D eigenvalue weighted by molar-refractivity contribution is 5.58. The Morgan fingerprint density at radius 2 is 2.25 bits per heavy atom. The lowest BCUT2D eigenvalue weighted by Gasteiger charge is -1.98. The van der Waals surface area contributed by atoms with Gasteiger partial charge in [-0.3, -0.25) is 0 Å². The van der Waals surface area contributed by atoms with E-state index in [0.717, 1.165) is 0 Å². The zero-order chi connectivity index (χ0) is 8.23. The highest BCUT2D eigenvalue weighted by Gasteiger charge is 2.03. The SMILES string of the molecule is C1=CC=C(c2cn[nH]n2)OC=C1. The van der Waals surface area contributed by atoms with Crippen molar-refractivity contribution in [1.82, 2.24) is 15.4 Å². The van der Waals surface area contributed by atoms with Crippen molar-refractivity contribution in [1.29, 1.82) is 0 Å². The molecule has 0 saturated carbocycles. The van der Waals surface area contributed by atoms with E-state index < -0.39 is 0 Å². The molecule has 12 heavy (non-hydrogen) atoms. The first kappa shape index (κ1) is 6.84. The lowest BCUT2D eigenvalue weighted by Crippen LogP contribution is -1.85. The second-order valence-corrected chi connectivity index (χ2v) is 2.22. The van der Waals surface area contributed by atoms with Gasteiger partial charge < -0.3 is 4.74 Å². The molecule has 1 aromatic rings. The Kier molecular flexibility index (Phi) is 1.74. The van der Waals surface area contributed by atoms with Gasteiger partial charge in [-0.1, -0.05) is 12.2 Å². The maximum Gasteiger partial charge on any atom is 0.155 e. The van der Waals surface area contributed by atoms with Gasteiger partial charge in [0.15, 0.2) is 5.76 Å². The first-order valence-electron chi connectivity index (χ1n) is 3.53. The molecule has 0 aromatic carbocycles. The monoisotopic (exact) mass is 161 g/mol. The Balaban J connectivity index is 2.30. The molecule has 4 heteroatoms. The zero-order valence-corrected chi connectivity index (χ0v) is 6.27. The maximum atomic E-state index is 5.24. The molecule has 0 amide bonds. The summed E-state index contributed by atoms with van der Waals surface area (Å²) in [6.45, 7) is 0. The molecule has 0 atom stereocenters. The summed E-state index contributed by atoms with van der Waals surface area (Å²) in [4.78, 5) is 0. The third-order valence-electron chi connectivity index (χ3n) is 1.41. The van der Waals surface area contributed by atoms with Crippen LogP contribution in [-0.2, 0) is 4.74 Å². The standard InChI is InChI=1S/C8H7N3O/c1-2-4-8(12-5-3-1)7-6-9-11-10-7/h1-6H,(H,9,10,11). The van der Waals surface area contributed by atoms with Gasteiger partial charge in [0.25, 0.3) is 0 Å². The number of hydrogen-bond donors (Lipinski definition) is 1. The van der Waals surface area contributed by atoms with Crippen molar-refractivity contribution in [3.8, 4) is 0 Å². The van der Waals surface area contributed by atoms with Crippen molar-refractivity contribution in [2.75, 3.05) is 0 Å². The summed E-state index contributed by atoms with van der Waals surface area (Å²) in [6, 6.07) is 0. The second-order valence-electron chi connectivity index (χ2n) is 2.22. The Morgan fingerprint density at radius 3 is 3.08 bits per heavy atom. The number of rotatable bonds is 1. The Hall–Kier alpha value is -1.84. The molecule has 0 saturated heterocycles. The number of aromatic amines is 1. The number of H-pyrrole nitrogens is 1. The van der Waals surface area contributed by atoms with E-state index in [0.29, 0.717) is 11.5 Å². The van der Waals surface area contributed by atoms with E-state index in [2.05, 4.69) is 15.4 Å². The van der Waals surface area contributed by atoms with Crippen LogP contribution in [0.3, 0.4) is 0 Å². The Morgan fingerprint density at radius 1 is 1.25 bits per heavy atom. The minimum atomic E-state index is 0.689. The maximum absolute atomic E-state index is 5.24. The summed E-state index contributed by atoms with van der Waals surface area (Å²) in [5, 5.41) is 10.1. The molecule has 0 fully saturated rings. The highest BCUT2D eigenvalue weighted by atomic mass is 16.5. The average molecular weight is 161 g/mol. The van der Waals surface area contributed by atoms with Crippen molar-refractivity contribution in [3.05, 3.63) is 42.5 Å². The summed E-state index contributed by atoms with van der Waals surface area (Å²) in [7, 11) is 0. The molecule has 0 aliphatic carbocycles. The fourth-order valence-corrected chi connectivity index (χ4v) is 0.870. The van der Waals surface area contributed by atoms with Crippen LogP contribution in [0.2, 0.25) is 0 Å². The van der Waals surface area contributed by atoms with Crippen LogP contribution >= 0.6 is 0 Å². The lowest BCUT2D eigenvalue weighted by molar-refractivity contribution is 0.435. The molecule has 0 unspecified atom stereocenters. The molecule has 1 aliphatic heterocycles. The van der Waals surface area contributed by atoms with Gasteiger partial charge in [-0.25, -0.2) is 0 Å². The van der Waals surface area contributed by atoms with Crippen LogP contribution < -0.4 is 0 Å². The number of aromatic nitrogens is 3. The van der Waals surface area contributed by atoms with E-state index in [-0.39, 0.29) is 0 Å². The lowest BCUT2D eigenvalue weighted by atomic mass is 10.3. The summed E-state index contributed by atoms with van der Waals surface area (Å²) in [5.74, 6) is 0.689. The van der Waals surface area contributed by atoms with Crippen molar-refractivity contribution in [2.45, 2.75) is 0 Å². The van der Waals surface area contributed by atoms with Crippen LogP contribution in [0.5, 0.6) is 0 Å². The minimum absolute atomic E-state index is 0.689. The third-order valence-corrected chi connectivity index (χ3v) is 1.41. The second kappa shape index (κ2) is 3.04. The van der Waals surface area contributed by atoms with Crippen molar-refractivity contribution < 1.29 is 4.74 Å². The molecular weight excluding hydrogens is 154 g/mol. The largest absolute Gasteiger partial charge is 0.463 e. The number of allylic oxidation sites excluding steroid dienone is 4. The first-order valence-corrected chi connectivity index (χ1v) is 3.53. The topological polar surface area (TPSA) is 50.8 Å². The molecular formula is C8H7N3O. The molecule has 0 radical (unpaired) electrons. The van der Waals surface area contributed by atoms with Crippen LogP contribution in [0.15, 0.2) is 36.8 Å². The number of nitrogens with one attached hydrogen (secondary N) is 1. The van der Waals surface area contributed by atoms with Crippen LogP contribution in [-0.4, -0.2) is 15.4 Å². The normalized spacial score (nSPS) is 15.2. The fourth-order valence-electron chi connectivity index (χ4n) is 0.870. The van der Waals surface area contributed by atoms with Gasteiger partial charge in [0.2, 0.25) is 0 Å². The van der Waals surface area contributed by atoms with Gasteiger partial charge in [-0.05, 0) is 12.2 Å². The molecule has 2 rings (SSSR count). The predicted molar refractivity (Wildman–Crippen MR) is 43.7 cm³/mol. The van der Waals surface area contributed by atoms with Crippen molar-refractivity contribution in [3.63, 3.8) is 0 Å². The van der Waals surface area contributed by atoms with Gasteiger partial charge in [0.1, 0.15) is 5.69 Å². The van der Waals surface area contributed by atoms with E-state index >= 15 is 0 Å². The van der Waals surface area contributed by atoms with E-state index in [4.69, 9.17) is 4.74 Å². The fraction of sp³-hybridized carbons (Fsp3) is 0. The number of ether oxygens (including phenoxy) is 1. The van der Waals surface area contributed by atoms with Gasteiger partial charge >= 0.3 is 0 Å². The Bertz CT molecular complexity index is 335. The van der Waals surface area contributed by atoms with Crippen molar-refractivity contribution >= 4 is 5.76 Å². The molecule has 4 nitrogen and oxygen atoms in total. The van der Waals surface area contributed by atoms with E-state index in [1.807, 2.05) is 24.3 Å². The van der Waals surface area contributed by atoms with E-state index in [1.165, 1.54) is 0 Å². The van der Waals surface area contributed by atoms with Gasteiger partial charge in [0, 0.05) is 0 Å². The van der Waals surface area contributed by atoms with Gasteiger partial charge in [-0.15, -0.1) is 0 Å². The molecule has 0 spiro atoms. The molecule has 0 bridgehead atoms. The summed E-state index contributed by atoms with van der Waals surface area (Å²) in [6.07, 6.45) is 10.6. The van der Waals surface area contributed by atoms with E-state index in [1.54, 1.807) is 12.5 Å². The summed E-state index contributed by atoms with van der Waals surface area (Å²) < 4.78 is 5.24. The summed E-state index contributed by atoms with van der Waals surface area (Å²) in [5.41, 5.74) is 0.700. The van der Waals surface area contributed by atoms with Crippen molar-refractivity contribution in [2.24, 2.45) is 0 Å². The zero-order valence-electron chi connectivity index (χ0n) is 6.27. The van der Waals surface area contributed by atoms with Crippen LogP contribution in [0.25, 0.3) is 5.76 Å². The third kappa shape index (κ3) is 1.27. The highest BCUT2D eigenvalue weighted by Crippen LogP contribution is 2.13. The smallest absolute Gasteiger partial charge is 0.155 e. The molecule has 60 valence electrons. The van der Waals surface area contributed by atoms with Gasteiger partial charge in [-0.2, -0.15) is 15.4 Å². The summed E-state index contributed by atoms with van der Waals surface area (Å²) >= 11 is 0. The first-order chi connectivity index (χ1) is 5.97. The molecule has 1 aliphatic rings. The van der Waals surface area contributed by atoms with Crippen LogP contribution in [0.4, 0.5) is 0 Å². The molecule has 1 aromatic heterocycles. The molecule has 2 heterocycles.